The number of rotatable bonds is 7. The van der Waals surface area contributed by atoms with Gasteiger partial charge in [-0.25, -0.2) is 0 Å². The Morgan fingerprint density at radius 1 is 1.42 bits per heavy atom. The lowest BCUT2D eigenvalue weighted by molar-refractivity contribution is -0.144. The predicted molar refractivity (Wildman–Crippen MR) is 70.8 cm³/mol. The van der Waals surface area contributed by atoms with Crippen molar-refractivity contribution in [3.8, 4) is 0 Å². The van der Waals surface area contributed by atoms with Crippen molar-refractivity contribution in [1.29, 1.82) is 0 Å². The molecule has 1 saturated heterocycles. The maximum absolute atomic E-state index is 12.4. The molecule has 1 amide bonds. The summed E-state index contributed by atoms with van der Waals surface area (Å²) < 4.78 is 5.36. The van der Waals surface area contributed by atoms with E-state index in [1.165, 1.54) is 0 Å². The Morgan fingerprint density at radius 2 is 2.11 bits per heavy atom. The fourth-order valence-electron chi connectivity index (χ4n) is 2.28. The molecule has 0 saturated carbocycles. The maximum atomic E-state index is 12.4. The molecule has 1 heterocycles. The minimum absolute atomic E-state index is 0.0148. The first-order chi connectivity index (χ1) is 9.01. The van der Waals surface area contributed by atoms with Crippen LogP contribution in [0.4, 0.5) is 0 Å². The Balaban J connectivity index is 2.64. The molecule has 0 aliphatic carbocycles. The lowest BCUT2D eigenvalue weighted by atomic mass is 10.0. The van der Waals surface area contributed by atoms with Crippen molar-refractivity contribution in [3.05, 3.63) is 0 Å². The van der Waals surface area contributed by atoms with E-state index in [2.05, 4.69) is 5.32 Å². The molecule has 0 bridgehead atoms. The zero-order valence-electron chi connectivity index (χ0n) is 11.9. The topological polar surface area (TPSA) is 78.9 Å². The Hall–Kier alpha value is -1.14. The Labute approximate surface area is 114 Å². The van der Waals surface area contributed by atoms with E-state index in [0.29, 0.717) is 19.8 Å². The Kier molecular flexibility index (Phi) is 6.24. The zero-order chi connectivity index (χ0) is 14.4. The number of carbonyl (C=O) groups is 2. The third-order valence-corrected chi connectivity index (χ3v) is 3.47. The molecular weight excluding hydrogens is 248 g/mol. The van der Waals surface area contributed by atoms with E-state index in [4.69, 9.17) is 9.84 Å². The molecule has 0 aromatic heterocycles. The van der Waals surface area contributed by atoms with Gasteiger partial charge in [0.15, 0.2) is 0 Å². The minimum atomic E-state index is -0.878. The summed E-state index contributed by atoms with van der Waals surface area (Å²) in [6, 6.07) is 0.0340. The number of hydrogen-bond donors (Lipinski definition) is 2. The van der Waals surface area contributed by atoms with E-state index in [1.54, 1.807) is 11.8 Å². The highest BCUT2D eigenvalue weighted by Crippen LogP contribution is 2.17. The van der Waals surface area contributed by atoms with Crippen LogP contribution >= 0.6 is 0 Å². The van der Waals surface area contributed by atoms with Gasteiger partial charge in [-0.15, -0.1) is 0 Å². The van der Waals surface area contributed by atoms with Crippen molar-refractivity contribution in [3.63, 3.8) is 0 Å². The molecule has 1 aliphatic rings. The number of amides is 1. The molecule has 3 unspecified atom stereocenters. The molecule has 19 heavy (non-hydrogen) atoms. The summed E-state index contributed by atoms with van der Waals surface area (Å²) in [7, 11) is 0. The van der Waals surface area contributed by atoms with Crippen LogP contribution in [0.3, 0.4) is 0 Å². The number of nitrogens with zero attached hydrogens (tertiary/aromatic N) is 1. The summed E-state index contributed by atoms with van der Waals surface area (Å²) in [5.74, 6) is -1.65. The summed E-state index contributed by atoms with van der Waals surface area (Å²) in [4.78, 5) is 24.9. The van der Waals surface area contributed by atoms with Gasteiger partial charge in [0, 0.05) is 19.1 Å². The van der Waals surface area contributed by atoms with Crippen molar-refractivity contribution < 1.29 is 19.4 Å². The molecule has 3 atom stereocenters. The first kappa shape index (κ1) is 15.9. The first-order valence-corrected chi connectivity index (χ1v) is 6.83. The number of hydrogen-bond acceptors (Lipinski definition) is 4. The van der Waals surface area contributed by atoms with Gasteiger partial charge in [0.1, 0.15) is 0 Å². The molecule has 6 nitrogen and oxygen atoms in total. The van der Waals surface area contributed by atoms with Crippen molar-refractivity contribution in [1.82, 2.24) is 10.2 Å². The summed E-state index contributed by atoms with van der Waals surface area (Å²) >= 11 is 0. The molecule has 6 heteroatoms. The first-order valence-electron chi connectivity index (χ1n) is 6.83. The fraction of sp³-hybridized carbons (Fsp3) is 0.846. The monoisotopic (exact) mass is 272 g/mol. The van der Waals surface area contributed by atoms with E-state index >= 15 is 0 Å². The van der Waals surface area contributed by atoms with Gasteiger partial charge in [-0.3, -0.25) is 9.59 Å². The van der Waals surface area contributed by atoms with Crippen molar-refractivity contribution in [2.75, 3.05) is 32.8 Å². The second kappa shape index (κ2) is 7.45. The third kappa shape index (κ3) is 4.18. The summed E-state index contributed by atoms with van der Waals surface area (Å²) in [5.41, 5.74) is 0. The molecule has 0 aromatic rings. The van der Waals surface area contributed by atoms with Gasteiger partial charge in [0.2, 0.25) is 5.91 Å². The Bertz CT molecular complexity index is 322. The average molecular weight is 272 g/mol. The van der Waals surface area contributed by atoms with Gasteiger partial charge in [0.05, 0.1) is 25.0 Å². The molecule has 1 rings (SSSR count). The van der Waals surface area contributed by atoms with Crippen molar-refractivity contribution in [2.24, 2.45) is 11.8 Å². The van der Waals surface area contributed by atoms with Crippen molar-refractivity contribution in [2.45, 2.75) is 26.8 Å². The molecular formula is C13H24N2O4. The molecule has 0 radical (unpaired) electrons. The number of carbonyl (C=O) groups excluding carboxylic acids is 1. The third-order valence-electron chi connectivity index (χ3n) is 3.47. The number of carboxylic acid groups (broad SMARTS) is 1. The quantitative estimate of drug-likeness (QED) is 0.691. The van der Waals surface area contributed by atoms with Crippen LogP contribution in [0.15, 0.2) is 0 Å². The van der Waals surface area contributed by atoms with Crippen LogP contribution in [-0.2, 0) is 14.3 Å². The lowest BCUT2D eigenvalue weighted by Gasteiger charge is -2.28. The second-order valence-electron chi connectivity index (χ2n) is 4.92. The van der Waals surface area contributed by atoms with Gasteiger partial charge in [0.25, 0.3) is 0 Å². The van der Waals surface area contributed by atoms with Gasteiger partial charge in [-0.2, -0.15) is 0 Å². The molecule has 110 valence electrons. The van der Waals surface area contributed by atoms with Crippen LogP contribution < -0.4 is 5.32 Å². The largest absolute Gasteiger partial charge is 0.481 e. The standard InChI is InChI=1S/C13H24N2O4/c1-4-14-11-8-19-7-10(11)12(16)15(5-2)6-9(3)13(17)18/h9-11,14H,4-8H2,1-3H3,(H,17,18). The molecule has 1 fully saturated rings. The second-order valence-corrected chi connectivity index (χ2v) is 4.92. The van der Waals surface area contributed by atoms with Crippen LogP contribution in [0.25, 0.3) is 0 Å². The van der Waals surface area contributed by atoms with Crippen LogP contribution in [-0.4, -0.2) is 60.8 Å². The van der Waals surface area contributed by atoms with Crippen LogP contribution in [0.5, 0.6) is 0 Å². The van der Waals surface area contributed by atoms with Gasteiger partial charge >= 0.3 is 5.97 Å². The summed E-state index contributed by atoms with van der Waals surface area (Å²) in [6.07, 6.45) is 0. The number of ether oxygens (including phenoxy) is 1. The molecule has 0 aromatic carbocycles. The number of carboxylic acids is 1. The van der Waals surface area contributed by atoms with Crippen molar-refractivity contribution >= 4 is 11.9 Å². The maximum Gasteiger partial charge on any atom is 0.308 e. The number of nitrogens with one attached hydrogen (secondary N) is 1. The average Bonchev–Trinajstić information content (AvgIpc) is 2.83. The molecule has 0 spiro atoms. The number of aliphatic carboxylic acids is 1. The van der Waals surface area contributed by atoms with E-state index in [0.717, 1.165) is 6.54 Å². The van der Waals surface area contributed by atoms with Gasteiger partial charge in [-0.1, -0.05) is 13.8 Å². The Morgan fingerprint density at radius 3 is 2.63 bits per heavy atom. The van der Waals surface area contributed by atoms with Crippen LogP contribution in [0.2, 0.25) is 0 Å². The van der Waals surface area contributed by atoms with Crippen LogP contribution in [0, 0.1) is 11.8 Å². The van der Waals surface area contributed by atoms with Gasteiger partial charge < -0.3 is 20.1 Å². The van der Waals surface area contributed by atoms with E-state index in [-0.39, 0.29) is 24.4 Å². The molecule has 1 aliphatic heterocycles. The highest BCUT2D eigenvalue weighted by Gasteiger charge is 2.36. The number of likely N-dealkylation sites (N-methyl/N-ethyl adjacent to an activating group) is 1. The normalized spacial score (nSPS) is 24.2. The van der Waals surface area contributed by atoms with E-state index < -0.39 is 11.9 Å². The smallest absolute Gasteiger partial charge is 0.308 e. The lowest BCUT2D eigenvalue weighted by Crippen LogP contribution is -2.47. The highest BCUT2D eigenvalue weighted by atomic mass is 16.5. The SMILES string of the molecule is CCNC1COCC1C(=O)N(CC)CC(C)C(=O)O. The fourth-order valence-corrected chi connectivity index (χ4v) is 2.28. The van der Waals surface area contributed by atoms with E-state index in [1.807, 2.05) is 13.8 Å². The molecule has 2 N–H and O–H groups in total. The van der Waals surface area contributed by atoms with Gasteiger partial charge in [-0.05, 0) is 13.5 Å². The summed E-state index contributed by atoms with van der Waals surface area (Å²) in [6.45, 7) is 7.98. The zero-order valence-corrected chi connectivity index (χ0v) is 11.9. The summed E-state index contributed by atoms with van der Waals surface area (Å²) in [5, 5.41) is 12.2. The van der Waals surface area contributed by atoms with Crippen LogP contribution in [0.1, 0.15) is 20.8 Å². The minimum Gasteiger partial charge on any atom is -0.481 e. The van der Waals surface area contributed by atoms with E-state index in [9.17, 15) is 9.59 Å². The highest BCUT2D eigenvalue weighted by molar-refractivity contribution is 5.81. The predicted octanol–water partition coefficient (Wildman–Crippen LogP) is 0.180.